The van der Waals surface area contributed by atoms with E-state index in [4.69, 9.17) is 5.26 Å². The molecule has 15 heavy (non-hydrogen) atoms. The van der Waals surface area contributed by atoms with E-state index in [-0.39, 0.29) is 12.0 Å². The number of hydrogen-bond donors (Lipinski definition) is 2. The molecule has 1 aliphatic carbocycles. The molecule has 0 heterocycles. The summed E-state index contributed by atoms with van der Waals surface area (Å²) in [7, 11) is 0. The Labute approximate surface area is 92.5 Å². The molecule has 1 saturated carbocycles. The second-order valence-electron chi connectivity index (χ2n) is 4.96. The lowest BCUT2D eigenvalue weighted by atomic mass is 10.0. The summed E-state index contributed by atoms with van der Waals surface area (Å²) in [5.41, 5.74) is 0. The second-order valence-corrected chi connectivity index (χ2v) is 4.96. The van der Waals surface area contributed by atoms with E-state index in [9.17, 15) is 5.11 Å². The van der Waals surface area contributed by atoms with Gasteiger partial charge in [0.25, 0.3) is 0 Å². The molecule has 0 radical (unpaired) electrons. The van der Waals surface area contributed by atoms with Crippen LogP contribution in [0.2, 0.25) is 0 Å². The largest absolute Gasteiger partial charge is 0.392 e. The molecule has 3 heteroatoms. The van der Waals surface area contributed by atoms with Crippen LogP contribution >= 0.6 is 0 Å². The van der Waals surface area contributed by atoms with E-state index in [0.29, 0.717) is 18.5 Å². The maximum atomic E-state index is 9.69. The lowest BCUT2D eigenvalue weighted by Gasteiger charge is -2.19. The van der Waals surface area contributed by atoms with E-state index < -0.39 is 0 Å². The van der Waals surface area contributed by atoms with Gasteiger partial charge in [0.2, 0.25) is 0 Å². The van der Waals surface area contributed by atoms with Crippen LogP contribution < -0.4 is 5.32 Å². The SMILES string of the molecule is CC(C)CC(O)CNC1CCCC1C#N. The molecule has 0 aromatic heterocycles. The van der Waals surface area contributed by atoms with E-state index >= 15 is 0 Å². The number of hydrogen-bond acceptors (Lipinski definition) is 3. The van der Waals surface area contributed by atoms with Crippen molar-refractivity contribution in [2.75, 3.05) is 6.54 Å². The third-order valence-corrected chi connectivity index (χ3v) is 3.04. The maximum Gasteiger partial charge on any atom is 0.0672 e. The summed E-state index contributed by atoms with van der Waals surface area (Å²) in [5, 5.41) is 21.9. The Morgan fingerprint density at radius 2 is 2.20 bits per heavy atom. The first kappa shape index (κ1) is 12.5. The highest BCUT2D eigenvalue weighted by Crippen LogP contribution is 2.24. The summed E-state index contributed by atoms with van der Waals surface area (Å²) in [6.45, 7) is 4.84. The Morgan fingerprint density at radius 1 is 1.47 bits per heavy atom. The zero-order chi connectivity index (χ0) is 11.3. The molecule has 0 saturated heterocycles. The highest BCUT2D eigenvalue weighted by atomic mass is 16.3. The summed E-state index contributed by atoms with van der Waals surface area (Å²) in [6, 6.07) is 2.64. The molecule has 0 aromatic carbocycles. The van der Waals surface area contributed by atoms with E-state index in [1.807, 2.05) is 0 Å². The van der Waals surface area contributed by atoms with Crippen molar-refractivity contribution in [2.24, 2.45) is 11.8 Å². The number of nitriles is 1. The zero-order valence-corrected chi connectivity index (χ0v) is 9.74. The summed E-state index contributed by atoms with van der Waals surface area (Å²) >= 11 is 0. The van der Waals surface area contributed by atoms with Gasteiger partial charge in [0.15, 0.2) is 0 Å². The molecule has 2 N–H and O–H groups in total. The van der Waals surface area contributed by atoms with Crippen molar-refractivity contribution in [3.63, 3.8) is 0 Å². The lowest BCUT2D eigenvalue weighted by Crippen LogP contribution is -2.37. The Bertz CT molecular complexity index is 222. The Kier molecular flexibility index (Phi) is 5.07. The number of aliphatic hydroxyl groups is 1. The first-order valence-electron chi connectivity index (χ1n) is 5.94. The summed E-state index contributed by atoms with van der Waals surface area (Å²) in [5.74, 6) is 0.674. The fraction of sp³-hybridized carbons (Fsp3) is 0.917. The van der Waals surface area contributed by atoms with Gasteiger partial charge in [0.05, 0.1) is 18.1 Å². The zero-order valence-electron chi connectivity index (χ0n) is 9.74. The minimum atomic E-state index is -0.273. The Hall–Kier alpha value is -0.590. The minimum absolute atomic E-state index is 0.149. The van der Waals surface area contributed by atoms with E-state index in [2.05, 4.69) is 25.2 Å². The van der Waals surface area contributed by atoms with Gasteiger partial charge in [0, 0.05) is 12.6 Å². The first-order chi connectivity index (χ1) is 7.13. The van der Waals surface area contributed by atoms with Gasteiger partial charge >= 0.3 is 0 Å². The van der Waals surface area contributed by atoms with Crippen molar-refractivity contribution >= 4 is 0 Å². The highest BCUT2D eigenvalue weighted by Gasteiger charge is 2.26. The van der Waals surface area contributed by atoms with E-state index in [0.717, 1.165) is 25.7 Å². The molecule has 0 amide bonds. The van der Waals surface area contributed by atoms with Crippen molar-refractivity contribution in [1.29, 1.82) is 5.26 Å². The van der Waals surface area contributed by atoms with Crippen LogP contribution in [0.3, 0.4) is 0 Å². The van der Waals surface area contributed by atoms with Crippen molar-refractivity contribution in [1.82, 2.24) is 5.32 Å². The summed E-state index contributed by atoms with van der Waals surface area (Å²) < 4.78 is 0. The Balaban J connectivity index is 2.22. The van der Waals surface area contributed by atoms with Crippen molar-refractivity contribution in [3.05, 3.63) is 0 Å². The molecular weight excluding hydrogens is 188 g/mol. The van der Waals surface area contributed by atoms with Gasteiger partial charge in [-0.1, -0.05) is 20.3 Å². The fourth-order valence-corrected chi connectivity index (χ4v) is 2.27. The number of nitrogens with one attached hydrogen (secondary N) is 1. The molecule has 0 spiro atoms. The molecular formula is C12H22N2O. The predicted octanol–water partition coefficient (Wildman–Crippen LogP) is 1.68. The predicted molar refractivity (Wildman–Crippen MR) is 60.2 cm³/mol. The second kappa shape index (κ2) is 6.09. The fourth-order valence-electron chi connectivity index (χ4n) is 2.27. The molecule has 1 aliphatic rings. The smallest absolute Gasteiger partial charge is 0.0672 e. The van der Waals surface area contributed by atoms with E-state index in [1.165, 1.54) is 0 Å². The van der Waals surface area contributed by atoms with Gasteiger partial charge in [-0.15, -0.1) is 0 Å². The van der Waals surface area contributed by atoms with Crippen molar-refractivity contribution in [2.45, 2.75) is 51.7 Å². The van der Waals surface area contributed by atoms with Crippen LogP contribution in [-0.2, 0) is 0 Å². The standard InChI is InChI=1S/C12H22N2O/c1-9(2)6-11(15)8-14-12-5-3-4-10(12)7-13/h9-12,14-15H,3-6,8H2,1-2H3. The van der Waals surface area contributed by atoms with Crippen LogP contribution in [0.15, 0.2) is 0 Å². The molecule has 0 aliphatic heterocycles. The molecule has 0 bridgehead atoms. The van der Waals surface area contributed by atoms with Crippen LogP contribution in [-0.4, -0.2) is 23.8 Å². The quantitative estimate of drug-likeness (QED) is 0.726. The molecule has 1 rings (SSSR count). The normalized spacial score (nSPS) is 27.9. The van der Waals surface area contributed by atoms with Crippen molar-refractivity contribution in [3.8, 4) is 6.07 Å². The third-order valence-electron chi connectivity index (χ3n) is 3.04. The number of rotatable bonds is 5. The maximum absolute atomic E-state index is 9.69. The van der Waals surface area contributed by atoms with E-state index in [1.54, 1.807) is 0 Å². The molecule has 86 valence electrons. The molecule has 3 atom stereocenters. The van der Waals surface area contributed by atoms with Crippen molar-refractivity contribution < 1.29 is 5.11 Å². The van der Waals surface area contributed by atoms with Gasteiger partial charge < -0.3 is 10.4 Å². The van der Waals surface area contributed by atoms with Gasteiger partial charge in [-0.05, 0) is 25.2 Å². The minimum Gasteiger partial charge on any atom is -0.392 e. The Morgan fingerprint density at radius 3 is 2.80 bits per heavy atom. The summed E-state index contributed by atoms with van der Waals surface area (Å²) in [4.78, 5) is 0. The van der Waals surface area contributed by atoms with Gasteiger partial charge in [-0.25, -0.2) is 0 Å². The molecule has 1 fully saturated rings. The monoisotopic (exact) mass is 210 g/mol. The summed E-state index contributed by atoms with van der Waals surface area (Å²) in [6.07, 6.45) is 3.78. The average Bonchev–Trinajstić information content (AvgIpc) is 2.60. The third kappa shape index (κ3) is 4.19. The molecule has 3 nitrogen and oxygen atoms in total. The lowest BCUT2D eigenvalue weighted by molar-refractivity contribution is 0.141. The van der Waals surface area contributed by atoms with Crippen LogP contribution in [0.5, 0.6) is 0 Å². The first-order valence-corrected chi connectivity index (χ1v) is 5.94. The molecule has 3 unspecified atom stereocenters. The highest BCUT2D eigenvalue weighted by molar-refractivity contribution is 4.96. The number of aliphatic hydroxyl groups excluding tert-OH is 1. The van der Waals surface area contributed by atoms with Crippen LogP contribution in [0.25, 0.3) is 0 Å². The van der Waals surface area contributed by atoms with Gasteiger partial charge in [-0.2, -0.15) is 5.26 Å². The number of nitrogens with zero attached hydrogens (tertiary/aromatic N) is 1. The van der Waals surface area contributed by atoms with Gasteiger partial charge in [0.1, 0.15) is 0 Å². The average molecular weight is 210 g/mol. The molecule has 0 aromatic rings. The van der Waals surface area contributed by atoms with Crippen LogP contribution in [0, 0.1) is 23.2 Å². The van der Waals surface area contributed by atoms with Crippen LogP contribution in [0.1, 0.15) is 39.5 Å². The van der Waals surface area contributed by atoms with Crippen LogP contribution in [0.4, 0.5) is 0 Å². The van der Waals surface area contributed by atoms with Gasteiger partial charge in [-0.3, -0.25) is 0 Å². The topological polar surface area (TPSA) is 56.0 Å².